The average Bonchev–Trinajstić information content (AvgIpc) is 2.65. The molecule has 0 bridgehead atoms. The first-order valence-corrected chi connectivity index (χ1v) is 8.50. The maximum Gasteiger partial charge on any atom is 0.243 e. The van der Waals surface area contributed by atoms with E-state index in [-0.39, 0.29) is 0 Å². The molecular formula is C21H22N4O. The van der Waals surface area contributed by atoms with Crippen molar-refractivity contribution in [2.24, 2.45) is 5.10 Å². The number of rotatable bonds is 6. The number of nitrogens with zero attached hydrogens (tertiary/aromatic N) is 3. The molecule has 5 nitrogen and oxygen atoms in total. The zero-order chi connectivity index (χ0) is 18.4. The highest BCUT2D eigenvalue weighted by molar-refractivity contribution is 5.99. The van der Waals surface area contributed by atoms with Gasteiger partial charge in [0.2, 0.25) is 5.95 Å². The molecule has 0 saturated heterocycles. The van der Waals surface area contributed by atoms with Crippen LogP contribution in [0.5, 0.6) is 5.75 Å². The minimum absolute atomic E-state index is 0.504. The van der Waals surface area contributed by atoms with Crippen molar-refractivity contribution < 1.29 is 4.74 Å². The fourth-order valence-electron chi connectivity index (χ4n) is 2.51. The van der Waals surface area contributed by atoms with Gasteiger partial charge in [-0.3, -0.25) is 0 Å². The predicted octanol–water partition coefficient (Wildman–Crippen LogP) is 4.51. The monoisotopic (exact) mass is 346 g/mol. The van der Waals surface area contributed by atoms with E-state index in [1.807, 2.05) is 81.4 Å². The molecule has 0 amide bonds. The molecule has 0 saturated carbocycles. The molecule has 2 aromatic carbocycles. The SMILES string of the molecule is C/C(=N/Nc1nc(C)cc(C)n1)c1ccc(OCc2ccccc2)cc1. The van der Waals surface area contributed by atoms with E-state index in [1.165, 1.54) is 0 Å². The summed E-state index contributed by atoms with van der Waals surface area (Å²) >= 11 is 0. The van der Waals surface area contributed by atoms with E-state index in [0.717, 1.165) is 34.0 Å². The first-order chi connectivity index (χ1) is 12.6. The molecule has 0 radical (unpaired) electrons. The molecule has 1 N–H and O–H groups in total. The highest BCUT2D eigenvalue weighted by atomic mass is 16.5. The number of ether oxygens (including phenoxy) is 1. The van der Waals surface area contributed by atoms with E-state index < -0.39 is 0 Å². The van der Waals surface area contributed by atoms with Crippen molar-refractivity contribution in [2.45, 2.75) is 27.4 Å². The van der Waals surface area contributed by atoms with Crippen molar-refractivity contribution in [1.82, 2.24) is 9.97 Å². The molecular weight excluding hydrogens is 324 g/mol. The summed E-state index contributed by atoms with van der Waals surface area (Å²) < 4.78 is 5.81. The van der Waals surface area contributed by atoms with Crippen LogP contribution in [-0.4, -0.2) is 15.7 Å². The molecule has 0 fully saturated rings. The number of hydrogen-bond acceptors (Lipinski definition) is 5. The van der Waals surface area contributed by atoms with Gasteiger partial charge >= 0.3 is 0 Å². The Hall–Kier alpha value is -3.21. The van der Waals surface area contributed by atoms with Gasteiger partial charge in [-0.15, -0.1) is 0 Å². The van der Waals surface area contributed by atoms with Crippen LogP contribution in [0.3, 0.4) is 0 Å². The average molecular weight is 346 g/mol. The molecule has 0 aliphatic rings. The van der Waals surface area contributed by atoms with E-state index in [0.29, 0.717) is 12.6 Å². The van der Waals surface area contributed by atoms with Crippen molar-refractivity contribution in [1.29, 1.82) is 0 Å². The van der Waals surface area contributed by atoms with Gasteiger partial charge in [-0.25, -0.2) is 15.4 Å². The minimum atomic E-state index is 0.504. The number of aromatic nitrogens is 2. The summed E-state index contributed by atoms with van der Waals surface area (Å²) in [6.07, 6.45) is 0. The number of anilines is 1. The summed E-state index contributed by atoms with van der Waals surface area (Å²) in [7, 11) is 0. The summed E-state index contributed by atoms with van der Waals surface area (Å²) in [4.78, 5) is 8.64. The molecule has 0 aliphatic heterocycles. The van der Waals surface area contributed by atoms with E-state index in [1.54, 1.807) is 0 Å². The van der Waals surface area contributed by atoms with Gasteiger partial charge in [0.05, 0.1) is 5.71 Å². The first kappa shape index (κ1) is 17.6. The second-order valence-corrected chi connectivity index (χ2v) is 6.08. The Kier molecular flexibility index (Phi) is 5.59. The molecule has 132 valence electrons. The molecule has 0 unspecified atom stereocenters. The van der Waals surface area contributed by atoms with Crippen LogP contribution in [0.1, 0.15) is 29.4 Å². The fourth-order valence-corrected chi connectivity index (χ4v) is 2.51. The van der Waals surface area contributed by atoms with E-state index >= 15 is 0 Å². The second kappa shape index (κ2) is 8.25. The lowest BCUT2D eigenvalue weighted by atomic mass is 10.1. The second-order valence-electron chi connectivity index (χ2n) is 6.08. The van der Waals surface area contributed by atoms with Crippen molar-refractivity contribution in [3.63, 3.8) is 0 Å². The molecule has 0 atom stereocenters. The number of nitrogens with one attached hydrogen (secondary N) is 1. The van der Waals surface area contributed by atoms with E-state index in [2.05, 4.69) is 20.5 Å². The topological polar surface area (TPSA) is 59.4 Å². The first-order valence-electron chi connectivity index (χ1n) is 8.50. The Bertz CT molecular complexity index is 869. The third kappa shape index (κ3) is 4.89. The number of hydrazone groups is 1. The Morgan fingerprint density at radius 1 is 0.962 bits per heavy atom. The van der Waals surface area contributed by atoms with Gasteiger partial charge in [-0.1, -0.05) is 30.3 Å². The largest absolute Gasteiger partial charge is 0.489 e. The Labute approximate surface area is 153 Å². The predicted molar refractivity (Wildman–Crippen MR) is 105 cm³/mol. The maximum atomic E-state index is 5.81. The van der Waals surface area contributed by atoms with Crippen LogP contribution in [0.4, 0.5) is 5.95 Å². The number of benzene rings is 2. The Morgan fingerprint density at radius 2 is 1.62 bits per heavy atom. The quantitative estimate of drug-likeness (QED) is 0.527. The number of hydrogen-bond donors (Lipinski definition) is 1. The minimum Gasteiger partial charge on any atom is -0.489 e. The van der Waals surface area contributed by atoms with Gasteiger partial charge in [0.15, 0.2) is 0 Å². The molecule has 0 spiro atoms. The van der Waals surface area contributed by atoms with Crippen LogP contribution >= 0.6 is 0 Å². The van der Waals surface area contributed by atoms with Crippen LogP contribution in [0, 0.1) is 13.8 Å². The summed E-state index contributed by atoms with van der Waals surface area (Å²) in [5.74, 6) is 1.33. The maximum absolute atomic E-state index is 5.81. The summed E-state index contributed by atoms with van der Waals surface area (Å²) in [6, 6.07) is 19.9. The molecule has 26 heavy (non-hydrogen) atoms. The van der Waals surface area contributed by atoms with Crippen LogP contribution < -0.4 is 10.2 Å². The van der Waals surface area contributed by atoms with Crippen molar-refractivity contribution in [2.75, 3.05) is 5.43 Å². The highest BCUT2D eigenvalue weighted by Gasteiger charge is 2.02. The van der Waals surface area contributed by atoms with Gasteiger partial charge in [0, 0.05) is 11.4 Å². The van der Waals surface area contributed by atoms with Crippen molar-refractivity contribution in [3.05, 3.63) is 83.2 Å². The van der Waals surface area contributed by atoms with E-state index in [4.69, 9.17) is 4.74 Å². The summed E-state index contributed by atoms with van der Waals surface area (Å²) in [5, 5.41) is 4.37. The van der Waals surface area contributed by atoms with Gasteiger partial charge in [-0.2, -0.15) is 5.10 Å². The lowest BCUT2D eigenvalue weighted by Gasteiger charge is -2.08. The molecule has 3 aromatic rings. The fraction of sp³-hybridized carbons (Fsp3) is 0.190. The van der Waals surface area contributed by atoms with Gasteiger partial charge in [-0.05, 0) is 62.2 Å². The third-order valence-electron chi connectivity index (χ3n) is 3.83. The van der Waals surface area contributed by atoms with Crippen LogP contribution in [0.2, 0.25) is 0 Å². The smallest absolute Gasteiger partial charge is 0.243 e. The summed E-state index contributed by atoms with van der Waals surface area (Å²) in [6.45, 7) is 6.36. The van der Waals surface area contributed by atoms with Gasteiger partial charge in [0.1, 0.15) is 12.4 Å². The molecule has 1 aromatic heterocycles. The van der Waals surface area contributed by atoms with Crippen LogP contribution in [0.15, 0.2) is 65.8 Å². The third-order valence-corrected chi connectivity index (χ3v) is 3.83. The van der Waals surface area contributed by atoms with Gasteiger partial charge in [0.25, 0.3) is 0 Å². The van der Waals surface area contributed by atoms with Crippen LogP contribution in [-0.2, 0) is 6.61 Å². The number of aryl methyl sites for hydroxylation is 2. The Morgan fingerprint density at radius 3 is 2.27 bits per heavy atom. The molecule has 1 heterocycles. The lowest BCUT2D eigenvalue weighted by Crippen LogP contribution is -2.04. The van der Waals surface area contributed by atoms with Crippen LogP contribution in [0.25, 0.3) is 0 Å². The molecule has 3 rings (SSSR count). The van der Waals surface area contributed by atoms with Crippen molar-refractivity contribution >= 4 is 11.7 Å². The normalized spacial score (nSPS) is 11.3. The molecule has 5 heteroatoms. The van der Waals surface area contributed by atoms with Gasteiger partial charge < -0.3 is 4.74 Å². The lowest BCUT2D eigenvalue weighted by molar-refractivity contribution is 0.306. The Balaban J connectivity index is 1.61. The van der Waals surface area contributed by atoms with Crippen molar-refractivity contribution in [3.8, 4) is 5.75 Å². The van der Waals surface area contributed by atoms with E-state index in [9.17, 15) is 0 Å². The highest BCUT2D eigenvalue weighted by Crippen LogP contribution is 2.15. The zero-order valence-electron chi connectivity index (χ0n) is 15.2. The summed E-state index contributed by atoms with van der Waals surface area (Å²) in [5.41, 5.74) is 7.74. The standard InChI is InChI=1S/C21H22N4O/c1-15-13-16(2)23-21(22-15)25-24-17(3)19-9-11-20(12-10-19)26-14-18-7-5-4-6-8-18/h4-13H,14H2,1-3H3,(H,22,23,25)/b24-17-. The molecule has 0 aliphatic carbocycles. The zero-order valence-corrected chi connectivity index (χ0v) is 15.2.